The molecule has 0 saturated carbocycles. The van der Waals surface area contributed by atoms with Gasteiger partial charge < -0.3 is 19.0 Å². The van der Waals surface area contributed by atoms with Gasteiger partial charge in [-0.15, -0.1) is 0 Å². The van der Waals surface area contributed by atoms with Crippen LogP contribution in [0.15, 0.2) is 28.9 Å². The molecule has 0 unspecified atom stereocenters. The third kappa shape index (κ3) is 3.63. The summed E-state index contributed by atoms with van der Waals surface area (Å²) < 4.78 is 7.32. The molecular formula is C19H25ClN4O3. The Labute approximate surface area is 163 Å². The highest BCUT2D eigenvalue weighted by Crippen LogP contribution is 2.39. The molecule has 0 aromatic carbocycles. The average molecular weight is 393 g/mol. The van der Waals surface area contributed by atoms with E-state index in [1.54, 1.807) is 23.2 Å². The molecule has 2 fully saturated rings. The molecule has 4 heterocycles. The van der Waals surface area contributed by atoms with E-state index in [0.717, 1.165) is 38.3 Å². The van der Waals surface area contributed by atoms with E-state index in [4.69, 9.17) is 16.0 Å². The van der Waals surface area contributed by atoms with E-state index in [2.05, 4.69) is 9.88 Å². The second-order valence-corrected chi connectivity index (χ2v) is 8.14. The molecule has 2 atom stereocenters. The zero-order chi connectivity index (χ0) is 19.0. The maximum Gasteiger partial charge on any atom is 0.289 e. The van der Waals surface area contributed by atoms with Crippen LogP contribution in [0.2, 0.25) is 5.22 Å². The summed E-state index contributed by atoms with van der Waals surface area (Å²) >= 11 is 5.82. The quantitative estimate of drug-likeness (QED) is 0.866. The number of rotatable bonds is 3. The average Bonchev–Trinajstić information content (AvgIpc) is 3.26. The Hall–Kier alpha value is -1.83. The van der Waals surface area contributed by atoms with Gasteiger partial charge in [0.15, 0.2) is 11.0 Å². The molecule has 1 N–H and O–H groups in total. The Morgan fingerprint density at radius 1 is 1.41 bits per heavy atom. The first kappa shape index (κ1) is 18.5. The van der Waals surface area contributed by atoms with E-state index in [-0.39, 0.29) is 22.3 Å². The minimum Gasteiger partial charge on any atom is -0.440 e. The van der Waals surface area contributed by atoms with E-state index in [1.165, 1.54) is 0 Å². The highest BCUT2D eigenvalue weighted by atomic mass is 35.5. The second kappa shape index (κ2) is 7.30. The number of hydrogen-bond donors (Lipinski definition) is 1. The van der Waals surface area contributed by atoms with E-state index < -0.39 is 6.10 Å². The second-order valence-electron chi connectivity index (χ2n) is 7.77. The molecule has 1 spiro atoms. The first-order chi connectivity index (χ1) is 13.0. The monoisotopic (exact) mass is 392 g/mol. The number of carbonyl (C=O) groups is 1. The van der Waals surface area contributed by atoms with Crippen LogP contribution < -0.4 is 0 Å². The van der Waals surface area contributed by atoms with Crippen LogP contribution in [0.5, 0.6) is 0 Å². The van der Waals surface area contributed by atoms with Crippen molar-refractivity contribution in [1.82, 2.24) is 19.4 Å². The normalized spacial score (nSPS) is 26.6. The van der Waals surface area contributed by atoms with Gasteiger partial charge in [0.2, 0.25) is 0 Å². The molecule has 0 bridgehead atoms. The zero-order valence-electron chi connectivity index (χ0n) is 15.5. The molecule has 27 heavy (non-hydrogen) atoms. The van der Waals surface area contributed by atoms with Gasteiger partial charge in [-0.25, -0.2) is 4.98 Å². The molecule has 0 aliphatic carbocycles. The van der Waals surface area contributed by atoms with E-state index in [0.29, 0.717) is 19.5 Å². The number of halogens is 1. The van der Waals surface area contributed by atoms with Crippen molar-refractivity contribution in [2.45, 2.75) is 31.9 Å². The van der Waals surface area contributed by atoms with Crippen LogP contribution in [-0.4, -0.2) is 62.6 Å². The molecule has 1 amide bonds. The molecule has 146 valence electrons. The predicted octanol–water partition coefficient (Wildman–Crippen LogP) is 2.16. The predicted molar refractivity (Wildman–Crippen MR) is 100 cm³/mol. The van der Waals surface area contributed by atoms with Crippen LogP contribution in [-0.2, 0) is 13.6 Å². The van der Waals surface area contributed by atoms with Gasteiger partial charge >= 0.3 is 0 Å². The van der Waals surface area contributed by atoms with Gasteiger partial charge in [0, 0.05) is 51.0 Å². The Balaban J connectivity index is 1.49. The summed E-state index contributed by atoms with van der Waals surface area (Å²) in [4.78, 5) is 21.3. The lowest BCUT2D eigenvalue weighted by molar-refractivity contribution is -0.0814. The first-order valence-corrected chi connectivity index (χ1v) is 9.76. The van der Waals surface area contributed by atoms with Crippen molar-refractivity contribution >= 4 is 17.5 Å². The van der Waals surface area contributed by atoms with Gasteiger partial charge in [0.05, 0.1) is 12.6 Å². The number of aromatic nitrogens is 2. The molecule has 0 radical (unpaired) electrons. The summed E-state index contributed by atoms with van der Waals surface area (Å²) in [5.41, 5.74) is -0.312. The molecule has 2 aromatic rings. The number of furan rings is 1. The SMILES string of the molecule is Cn1ccnc1CN1CC[C@@H](O)[C@]2(CCCN(C(=O)c3ccc(Cl)o3)C2)C1. The van der Waals surface area contributed by atoms with Gasteiger partial charge in [-0.05, 0) is 43.0 Å². The third-order valence-electron chi connectivity index (χ3n) is 5.93. The number of aliphatic hydroxyl groups excluding tert-OH is 1. The van der Waals surface area contributed by atoms with Crippen LogP contribution in [0, 0.1) is 5.41 Å². The Bertz CT molecular complexity index is 819. The Morgan fingerprint density at radius 3 is 2.96 bits per heavy atom. The molecule has 2 aromatic heterocycles. The van der Waals surface area contributed by atoms with E-state index in [9.17, 15) is 9.90 Å². The highest BCUT2D eigenvalue weighted by Gasteiger charge is 2.46. The number of amides is 1. The lowest BCUT2D eigenvalue weighted by atomic mass is 9.71. The van der Waals surface area contributed by atoms with Gasteiger partial charge in [-0.2, -0.15) is 0 Å². The number of aryl methyl sites for hydroxylation is 1. The van der Waals surface area contributed by atoms with Gasteiger partial charge in [-0.1, -0.05) is 0 Å². The molecule has 7 nitrogen and oxygen atoms in total. The summed E-state index contributed by atoms with van der Waals surface area (Å²) in [7, 11) is 1.99. The zero-order valence-corrected chi connectivity index (χ0v) is 16.2. The molecule has 8 heteroatoms. The topological polar surface area (TPSA) is 74.7 Å². The van der Waals surface area contributed by atoms with Crippen LogP contribution in [0.4, 0.5) is 0 Å². The third-order valence-corrected chi connectivity index (χ3v) is 6.13. The Morgan fingerprint density at radius 2 is 2.26 bits per heavy atom. The standard InChI is InChI=1S/C19H25ClN4O3/c1-22-10-7-21-17(22)11-23-9-5-15(25)19(12-23)6-2-8-24(13-19)18(26)14-3-4-16(20)27-14/h3-4,7,10,15,25H,2,5-6,8-9,11-13H2,1H3/t15-,19-/m1/s1. The molecule has 4 rings (SSSR count). The lowest BCUT2D eigenvalue weighted by Gasteiger charge is -2.50. The maximum absolute atomic E-state index is 12.8. The van der Waals surface area contributed by atoms with Crippen molar-refractivity contribution in [3.8, 4) is 0 Å². The number of aliphatic hydroxyl groups is 1. The molecular weight excluding hydrogens is 368 g/mol. The fourth-order valence-electron chi connectivity index (χ4n) is 4.44. The van der Waals surface area contributed by atoms with E-state index in [1.807, 2.05) is 17.8 Å². The number of likely N-dealkylation sites (tertiary alicyclic amines) is 2. The summed E-state index contributed by atoms with van der Waals surface area (Å²) in [6.45, 7) is 3.54. The summed E-state index contributed by atoms with van der Waals surface area (Å²) in [5.74, 6) is 1.11. The van der Waals surface area contributed by atoms with Crippen LogP contribution in [0.1, 0.15) is 35.6 Å². The molecule has 2 saturated heterocycles. The fraction of sp³-hybridized carbons (Fsp3) is 0.579. The smallest absolute Gasteiger partial charge is 0.289 e. The number of nitrogens with zero attached hydrogens (tertiary/aromatic N) is 4. The highest BCUT2D eigenvalue weighted by molar-refractivity contribution is 6.29. The van der Waals surface area contributed by atoms with Crippen molar-refractivity contribution < 1.29 is 14.3 Å². The Kier molecular flexibility index (Phi) is 5.01. The van der Waals surface area contributed by atoms with Gasteiger partial charge in [0.25, 0.3) is 5.91 Å². The van der Waals surface area contributed by atoms with Crippen LogP contribution >= 0.6 is 11.6 Å². The number of imidazole rings is 1. The summed E-state index contributed by atoms with van der Waals surface area (Å²) in [6, 6.07) is 3.19. The van der Waals surface area contributed by atoms with Gasteiger partial charge in [0.1, 0.15) is 5.82 Å². The minimum absolute atomic E-state index is 0.158. The summed E-state index contributed by atoms with van der Waals surface area (Å²) in [5, 5.41) is 11.0. The fourth-order valence-corrected chi connectivity index (χ4v) is 4.59. The van der Waals surface area contributed by atoms with Crippen molar-refractivity contribution in [2.24, 2.45) is 12.5 Å². The number of carbonyl (C=O) groups excluding carboxylic acids is 1. The summed E-state index contributed by atoms with van der Waals surface area (Å²) in [6.07, 6.45) is 5.82. The first-order valence-electron chi connectivity index (χ1n) is 9.38. The number of hydrogen-bond acceptors (Lipinski definition) is 5. The minimum atomic E-state index is -0.411. The lowest BCUT2D eigenvalue weighted by Crippen LogP contribution is -2.59. The van der Waals surface area contributed by atoms with Crippen LogP contribution in [0.3, 0.4) is 0 Å². The largest absolute Gasteiger partial charge is 0.440 e. The van der Waals surface area contributed by atoms with Crippen molar-refractivity contribution in [2.75, 3.05) is 26.2 Å². The van der Waals surface area contributed by atoms with Crippen molar-refractivity contribution in [3.05, 3.63) is 41.3 Å². The van der Waals surface area contributed by atoms with Crippen LogP contribution in [0.25, 0.3) is 0 Å². The van der Waals surface area contributed by atoms with Gasteiger partial charge in [-0.3, -0.25) is 9.69 Å². The molecule has 2 aliphatic rings. The van der Waals surface area contributed by atoms with E-state index >= 15 is 0 Å². The van der Waals surface area contributed by atoms with Crippen molar-refractivity contribution in [1.29, 1.82) is 0 Å². The number of piperidine rings is 2. The van der Waals surface area contributed by atoms with Crippen molar-refractivity contribution in [3.63, 3.8) is 0 Å². The maximum atomic E-state index is 12.8. The molecule has 2 aliphatic heterocycles.